The predicted molar refractivity (Wildman–Crippen MR) is 71.0 cm³/mol. The second kappa shape index (κ2) is 5.62. The lowest BCUT2D eigenvalue weighted by Crippen LogP contribution is -2.06. The van der Waals surface area contributed by atoms with Crippen molar-refractivity contribution < 1.29 is 4.79 Å². The van der Waals surface area contributed by atoms with Crippen LogP contribution in [-0.2, 0) is 17.6 Å². The number of Topliss-reactive ketones (excluding diaryl/α,β-unsaturated/α-hetero) is 1. The molecule has 88 valence electrons. The third kappa shape index (κ3) is 3.16. The lowest BCUT2D eigenvalue weighted by molar-refractivity contribution is -0.114. The van der Waals surface area contributed by atoms with Crippen LogP contribution in [0.4, 0.5) is 0 Å². The van der Waals surface area contributed by atoms with Gasteiger partial charge in [0.25, 0.3) is 0 Å². The lowest BCUT2D eigenvalue weighted by atomic mass is 9.97. The first-order valence-electron chi connectivity index (χ1n) is 6.27. The molecule has 0 atom stereocenters. The molecule has 0 heterocycles. The van der Waals surface area contributed by atoms with Gasteiger partial charge in [-0.3, -0.25) is 4.79 Å². The van der Waals surface area contributed by atoms with E-state index in [2.05, 4.69) is 25.1 Å². The summed E-state index contributed by atoms with van der Waals surface area (Å²) in [4.78, 5) is 12.0. The van der Waals surface area contributed by atoms with E-state index in [-0.39, 0.29) is 5.78 Å². The van der Waals surface area contributed by atoms with Crippen molar-refractivity contribution in [1.29, 1.82) is 0 Å². The third-order valence-electron chi connectivity index (χ3n) is 3.08. The molecule has 0 spiro atoms. The van der Waals surface area contributed by atoms with Crippen molar-refractivity contribution in [3.63, 3.8) is 0 Å². The van der Waals surface area contributed by atoms with E-state index in [1.165, 1.54) is 5.56 Å². The van der Waals surface area contributed by atoms with Gasteiger partial charge in [-0.15, -0.1) is 0 Å². The topological polar surface area (TPSA) is 17.1 Å². The van der Waals surface area contributed by atoms with Crippen LogP contribution in [0.2, 0.25) is 0 Å². The van der Waals surface area contributed by atoms with Gasteiger partial charge in [-0.05, 0) is 30.4 Å². The Morgan fingerprint density at radius 2 is 2.06 bits per heavy atom. The second-order valence-corrected chi connectivity index (χ2v) is 4.41. The molecular formula is C16H18O. The van der Waals surface area contributed by atoms with Gasteiger partial charge in [0.2, 0.25) is 0 Å². The fraction of sp³-hybridized carbons (Fsp3) is 0.312. The minimum Gasteiger partial charge on any atom is -0.294 e. The van der Waals surface area contributed by atoms with Crippen LogP contribution in [0.1, 0.15) is 30.9 Å². The van der Waals surface area contributed by atoms with Gasteiger partial charge in [0.15, 0.2) is 5.78 Å². The summed E-state index contributed by atoms with van der Waals surface area (Å²) in [5.74, 6) is 0.231. The Balaban J connectivity index is 2.07. The van der Waals surface area contributed by atoms with Gasteiger partial charge in [0.05, 0.1) is 0 Å². The maximum atomic E-state index is 12.0. The number of hydrogen-bond donors (Lipinski definition) is 0. The molecule has 0 amide bonds. The molecule has 2 rings (SSSR count). The fourth-order valence-electron chi connectivity index (χ4n) is 2.07. The molecule has 0 aliphatic heterocycles. The number of benzene rings is 1. The van der Waals surface area contributed by atoms with Crippen LogP contribution in [0.15, 0.2) is 48.1 Å². The average molecular weight is 226 g/mol. The van der Waals surface area contributed by atoms with Crippen LogP contribution in [0.5, 0.6) is 0 Å². The Morgan fingerprint density at radius 1 is 1.24 bits per heavy atom. The SMILES string of the molecule is CCc1cccc(CC(=O)C2=CCCC=C2)c1. The van der Waals surface area contributed by atoms with Crippen LogP contribution < -0.4 is 0 Å². The molecule has 0 fully saturated rings. The van der Waals surface area contributed by atoms with E-state index < -0.39 is 0 Å². The quantitative estimate of drug-likeness (QED) is 0.766. The lowest BCUT2D eigenvalue weighted by Gasteiger charge is -2.07. The van der Waals surface area contributed by atoms with E-state index in [0.717, 1.165) is 30.4 Å². The minimum absolute atomic E-state index is 0.231. The first-order valence-corrected chi connectivity index (χ1v) is 6.27. The highest BCUT2D eigenvalue weighted by Gasteiger charge is 2.09. The largest absolute Gasteiger partial charge is 0.294 e. The van der Waals surface area contributed by atoms with E-state index in [4.69, 9.17) is 0 Å². The van der Waals surface area contributed by atoms with Crippen molar-refractivity contribution in [2.75, 3.05) is 0 Å². The van der Waals surface area contributed by atoms with Gasteiger partial charge < -0.3 is 0 Å². The summed E-state index contributed by atoms with van der Waals surface area (Å²) in [6.45, 7) is 2.13. The van der Waals surface area contributed by atoms with Crippen molar-refractivity contribution in [2.45, 2.75) is 32.6 Å². The summed E-state index contributed by atoms with van der Waals surface area (Å²) >= 11 is 0. The molecule has 0 bridgehead atoms. The van der Waals surface area contributed by atoms with E-state index in [1.54, 1.807) is 0 Å². The first kappa shape index (κ1) is 11.8. The number of carbonyl (C=O) groups is 1. The molecule has 0 radical (unpaired) electrons. The highest BCUT2D eigenvalue weighted by molar-refractivity contribution is 5.99. The molecule has 1 nitrogen and oxygen atoms in total. The summed E-state index contributed by atoms with van der Waals surface area (Å²) in [6, 6.07) is 8.30. The van der Waals surface area contributed by atoms with Gasteiger partial charge in [-0.2, -0.15) is 0 Å². The van der Waals surface area contributed by atoms with Crippen LogP contribution >= 0.6 is 0 Å². The molecule has 0 unspecified atom stereocenters. The highest BCUT2D eigenvalue weighted by atomic mass is 16.1. The predicted octanol–water partition coefficient (Wildman–Crippen LogP) is 3.64. The van der Waals surface area contributed by atoms with E-state index in [0.29, 0.717) is 6.42 Å². The number of carbonyl (C=O) groups excluding carboxylic acids is 1. The maximum absolute atomic E-state index is 12.0. The standard InChI is InChI=1S/C16H18O/c1-2-13-7-6-8-14(11-13)12-16(17)15-9-4-3-5-10-15/h4,6-11H,2-3,5,12H2,1H3. The van der Waals surface area contributed by atoms with Crippen LogP contribution in [0, 0.1) is 0 Å². The fourth-order valence-corrected chi connectivity index (χ4v) is 2.07. The third-order valence-corrected chi connectivity index (χ3v) is 3.08. The molecule has 1 aliphatic carbocycles. The summed E-state index contributed by atoms with van der Waals surface area (Å²) in [5, 5.41) is 0. The van der Waals surface area contributed by atoms with E-state index in [9.17, 15) is 4.79 Å². The van der Waals surface area contributed by atoms with Gasteiger partial charge >= 0.3 is 0 Å². The number of hydrogen-bond acceptors (Lipinski definition) is 1. The number of allylic oxidation sites excluding steroid dienone is 4. The molecule has 17 heavy (non-hydrogen) atoms. The summed E-state index contributed by atoms with van der Waals surface area (Å²) in [7, 11) is 0. The molecule has 0 N–H and O–H groups in total. The molecule has 1 aliphatic rings. The zero-order chi connectivity index (χ0) is 12.1. The van der Waals surface area contributed by atoms with Gasteiger partial charge in [-0.25, -0.2) is 0 Å². The Hall–Kier alpha value is -1.63. The van der Waals surface area contributed by atoms with Gasteiger partial charge in [0, 0.05) is 12.0 Å². The molecule has 0 aromatic heterocycles. The summed E-state index contributed by atoms with van der Waals surface area (Å²) < 4.78 is 0. The first-order chi connectivity index (χ1) is 8.29. The molecule has 0 saturated carbocycles. The minimum atomic E-state index is 0.231. The molecule has 1 aromatic rings. The van der Waals surface area contributed by atoms with Crippen molar-refractivity contribution >= 4 is 5.78 Å². The smallest absolute Gasteiger partial charge is 0.166 e. The Kier molecular flexibility index (Phi) is 3.92. The number of rotatable bonds is 4. The van der Waals surface area contributed by atoms with Crippen LogP contribution in [0.25, 0.3) is 0 Å². The van der Waals surface area contributed by atoms with Crippen molar-refractivity contribution in [3.05, 3.63) is 59.2 Å². The summed E-state index contributed by atoms with van der Waals surface area (Å²) in [6.07, 6.45) is 9.67. The number of ketones is 1. The summed E-state index contributed by atoms with van der Waals surface area (Å²) in [5.41, 5.74) is 3.29. The highest BCUT2D eigenvalue weighted by Crippen LogP contribution is 2.14. The number of aryl methyl sites for hydroxylation is 1. The molecule has 1 heteroatoms. The molecule has 0 saturated heterocycles. The van der Waals surface area contributed by atoms with E-state index >= 15 is 0 Å². The normalized spacial score (nSPS) is 14.5. The molecular weight excluding hydrogens is 208 g/mol. The Bertz CT molecular complexity index is 466. The maximum Gasteiger partial charge on any atom is 0.166 e. The second-order valence-electron chi connectivity index (χ2n) is 4.41. The van der Waals surface area contributed by atoms with Crippen LogP contribution in [0.3, 0.4) is 0 Å². The van der Waals surface area contributed by atoms with Gasteiger partial charge in [-0.1, -0.05) is 49.4 Å². The van der Waals surface area contributed by atoms with Crippen molar-refractivity contribution in [1.82, 2.24) is 0 Å². The van der Waals surface area contributed by atoms with Gasteiger partial charge in [0.1, 0.15) is 0 Å². The van der Waals surface area contributed by atoms with E-state index in [1.807, 2.05) is 24.3 Å². The van der Waals surface area contributed by atoms with Crippen molar-refractivity contribution in [2.24, 2.45) is 0 Å². The Labute approximate surface area is 103 Å². The van der Waals surface area contributed by atoms with Crippen molar-refractivity contribution in [3.8, 4) is 0 Å². The van der Waals surface area contributed by atoms with Crippen LogP contribution in [-0.4, -0.2) is 5.78 Å². The zero-order valence-corrected chi connectivity index (χ0v) is 10.3. The Morgan fingerprint density at radius 3 is 2.76 bits per heavy atom. The average Bonchev–Trinajstić information content (AvgIpc) is 2.40. The zero-order valence-electron chi connectivity index (χ0n) is 10.3. The molecule has 1 aromatic carbocycles. The monoisotopic (exact) mass is 226 g/mol.